The molecule has 1 fully saturated rings. The zero-order valence-electron chi connectivity index (χ0n) is 19.0. The molecule has 0 aromatic heterocycles. The molecule has 1 atom stereocenters. The van der Waals surface area contributed by atoms with Crippen molar-refractivity contribution < 1.29 is 29.3 Å². The molecule has 31 heavy (non-hydrogen) atoms. The molecule has 174 valence electrons. The summed E-state index contributed by atoms with van der Waals surface area (Å²) in [4.78, 5) is 23.0. The zero-order valence-corrected chi connectivity index (χ0v) is 19.0. The van der Waals surface area contributed by atoms with Crippen LogP contribution in [0.3, 0.4) is 0 Å². The van der Waals surface area contributed by atoms with E-state index in [1.807, 2.05) is 19.1 Å². The van der Waals surface area contributed by atoms with Gasteiger partial charge in [-0.25, -0.2) is 0 Å². The quantitative estimate of drug-likeness (QED) is 0.291. The van der Waals surface area contributed by atoms with Gasteiger partial charge in [0.15, 0.2) is 16.9 Å². The molecule has 1 aromatic rings. The minimum atomic E-state index is -1.68. The number of hydrogen-bond donors (Lipinski definition) is 3. The van der Waals surface area contributed by atoms with Crippen molar-refractivity contribution >= 4 is 11.9 Å². The molecule has 0 saturated heterocycles. The molecule has 0 bridgehead atoms. The first-order chi connectivity index (χ1) is 14.8. The van der Waals surface area contributed by atoms with E-state index in [1.54, 1.807) is 7.11 Å². The Kier molecular flexibility index (Phi) is 9.62. The van der Waals surface area contributed by atoms with E-state index in [0.29, 0.717) is 25.3 Å². The Hall–Kier alpha value is -2.28. The summed E-state index contributed by atoms with van der Waals surface area (Å²) in [5.41, 5.74) is 0.294. The summed E-state index contributed by atoms with van der Waals surface area (Å²) < 4.78 is 11.5. The highest BCUT2D eigenvalue weighted by molar-refractivity contribution is 5.98. The number of benzene rings is 1. The van der Waals surface area contributed by atoms with Gasteiger partial charge in [-0.3, -0.25) is 9.59 Å². The molecular formula is C24H37NO6. The maximum absolute atomic E-state index is 11.5. The van der Waals surface area contributed by atoms with Crippen molar-refractivity contribution in [2.75, 3.05) is 13.7 Å². The Morgan fingerprint density at radius 3 is 2.42 bits per heavy atom. The van der Waals surface area contributed by atoms with Gasteiger partial charge in [0.2, 0.25) is 0 Å². The van der Waals surface area contributed by atoms with Gasteiger partial charge in [-0.15, -0.1) is 0 Å². The Morgan fingerprint density at radius 2 is 1.81 bits per heavy atom. The number of nitrogens with one attached hydrogen (secondary N) is 1. The number of unbranched alkanes of at least 4 members (excludes halogenated alkanes) is 5. The number of ether oxygens (including phenoxy) is 2. The van der Waals surface area contributed by atoms with Crippen LogP contribution in [0.4, 0.5) is 0 Å². The van der Waals surface area contributed by atoms with E-state index in [2.05, 4.69) is 12.2 Å². The average molecular weight is 436 g/mol. The zero-order chi connectivity index (χ0) is 22.9. The van der Waals surface area contributed by atoms with E-state index in [0.717, 1.165) is 23.3 Å². The van der Waals surface area contributed by atoms with Crippen LogP contribution in [-0.4, -0.2) is 41.9 Å². The van der Waals surface area contributed by atoms with Gasteiger partial charge in [0.05, 0.1) is 13.7 Å². The van der Waals surface area contributed by atoms with E-state index in [1.165, 1.54) is 32.1 Å². The third-order valence-corrected chi connectivity index (χ3v) is 6.19. The van der Waals surface area contributed by atoms with Gasteiger partial charge >= 0.3 is 11.9 Å². The molecular weight excluding hydrogens is 398 g/mol. The second-order valence-corrected chi connectivity index (χ2v) is 8.57. The normalized spacial score (nSPS) is 17.5. The van der Waals surface area contributed by atoms with Crippen LogP contribution in [0.1, 0.15) is 75.8 Å². The lowest BCUT2D eigenvalue weighted by molar-refractivity contribution is -0.164. The molecule has 0 heterocycles. The van der Waals surface area contributed by atoms with Crippen molar-refractivity contribution in [3.63, 3.8) is 0 Å². The van der Waals surface area contributed by atoms with E-state index in [-0.39, 0.29) is 18.9 Å². The van der Waals surface area contributed by atoms with E-state index in [9.17, 15) is 19.8 Å². The fourth-order valence-electron chi connectivity index (χ4n) is 4.27. The molecule has 0 spiro atoms. The standard InChI is InChI=1S/C24H37NO6/c1-4-5-6-7-8-9-12-31-21-17(2)13-18(14-20(21)30-3)16-25-19-10-11-24(15-19,22(26)27)23(28)29/h13-14,19,25H,4-12,15-16H2,1-3H3,(H,26,27)(H,28,29). The van der Waals surface area contributed by atoms with Gasteiger partial charge < -0.3 is 25.0 Å². The molecule has 1 unspecified atom stereocenters. The Balaban J connectivity index is 1.90. The molecule has 1 aromatic carbocycles. The van der Waals surface area contributed by atoms with Gasteiger partial charge in [-0.2, -0.15) is 0 Å². The predicted molar refractivity (Wildman–Crippen MR) is 119 cm³/mol. The highest BCUT2D eigenvalue weighted by atomic mass is 16.5. The molecule has 1 aliphatic carbocycles. The van der Waals surface area contributed by atoms with E-state index in [4.69, 9.17) is 9.47 Å². The van der Waals surface area contributed by atoms with Crippen molar-refractivity contribution in [1.29, 1.82) is 0 Å². The molecule has 1 aliphatic rings. The Morgan fingerprint density at radius 1 is 1.13 bits per heavy atom. The third-order valence-electron chi connectivity index (χ3n) is 6.19. The molecule has 2 rings (SSSR count). The summed E-state index contributed by atoms with van der Waals surface area (Å²) in [5, 5.41) is 22.1. The van der Waals surface area contributed by atoms with Crippen LogP contribution in [0.5, 0.6) is 11.5 Å². The van der Waals surface area contributed by atoms with Crippen molar-refractivity contribution in [2.24, 2.45) is 5.41 Å². The Bertz CT molecular complexity index is 734. The maximum atomic E-state index is 11.5. The summed E-state index contributed by atoms with van der Waals surface area (Å²) in [6.45, 7) is 5.37. The second-order valence-electron chi connectivity index (χ2n) is 8.57. The maximum Gasteiger partial charge on any atom is 0.321 e. The topological polar surface area (TPSA) is 105 Å². The second kappa shape index (κ2) is 11.9. The number of methoxy groups -OCH3 is 1. The largest absolute Gasteiger partial charge is 0.493 e. The van der Waals surface area contributed by atoms with Crippen LogP contribution in [0.2, 0.25) is 0 Å². The van der Waals surface area contributed by atoms with Gasteiger partial charge in [0.25, 0.3) is 0 Å². The average Bonchev–Trinajstić information content (AvgIpc) is 3.18. The first-order valence-electron chi connectivity index (χ1n) is 11.3. The van der Waals surface area contributed by atoms with Crippen LogP contribution in [0.25, 0.3) is 0 Å². The fourth-order valence-corrected chi connectivity index (χ4v) is 4.27. The lowest BCUT2D eigenvalue weighted by Gasteiger charge is -2.20. The highest BCUT2D eigenvalue weighted by Gasteiger charge is 2.51. The minimum Gasteiger partial charge on any atom is -0.493 e. The molecule has 1 saturated carbocycles. The van der Waals surface area contributed by atoms with E-state index >= 15 is 0 Å². The molecule has 0 amide bonds. The van der Waals surface area contributed by atoms with Crippen molar-refractivity contribution in [2.45, 2.75) is 84.2 Å². The third kappa shape index (κ3) is 6.60. The van der Waals surface area contributed by atoms with Crippen molar-refractivity contribution in [3.05, 3.63) is 23.3 Å². The van der Waals surface area contributed by atoms with Crippen LogP contribution in [0.15, 0.2) is 12.1 Å². The number of hydrogen-bond acceptors (Lipinski definition) is 5. The molecule has 3 N–H and O–H groups in total. The molecule has 7 nitrogen and oxygen atoms in total. The number of rotatable bonds is 14. The van der Waals surface area contributed by atoms with Crippen LogP contribution in [-0.2, 0) is 16.1 Å². The summed E-state index contributed by atoms with van der Waals surface area (Å²) in [6.07, 6.45) is 7.99. The van der Waals surface area contributed by atoms with Crippen molar-refractivity contribution in [1.82, 2.24) is 5.32 Å². The fraction of sp³-hybridized carbons (Fsp3) is 0.667. The Labute approximate surface area is 185 Å². The number of aliphatic carboxylic acids is 2. The smallest absolute Gasteiger partial charge is 0.321 e. The number of carbonyl (C=O) groups is 2. The van der Waals surface area contributed by atoms with Gasteiger partial charge in [-0.1, -0.05) is 45.1 Å². The van der Waals surface area contributed by atoms with Gasteiger partial charge in [0, 0.05) is 12.6 Å². The first-order valence-corrected chi connectivity index (χ1v) is 11.3. The molecule has 0 radical (unpaired) electrons. The highest BCUT2D eigenvalue weighted by Crippen LogP contribution is 2.39. The lowest BCUT2D eigenvalue weighted by Crippen LogP contribution is -2.39. The van der Waals surface area contributed by atoms with E-state index < -0.39 is 17.4 Å². The summed E-state index contributed by atoms with van der Waals surface area (Å²) in [5.74, 6) is -1.07. The SMILES string of the molecule is CCCCCCCCOc1c(C)cc(CNC2CCC(C(=O)O)(C(=O)O)C2)cc1OC. The first kappa shape index (κ1) is 25.0. The summed E-state index contributed by atoms with van der Waals surface area (Å²) in [7, 11) is 1.62. The van der Waals surface area contributed by atoms with Gasteiger partial charge in [-0.05, 0) is 49.8 Å². The van der Waals surface area contributed by atoms with Crippen LogP contribution < -0.4 is 14.8 Å². The van der Waals surface area contributed by atoms with Crippen molar-refractivity contribution in [3.8, 4) is 11.5 Å². The minimum absolute atomic E-state index is 0.0905. The summed E-state index contributed by atoms with van der Waals surface area (Å²) >= 11 is 0. The van der Waals surface area contributed by atoms with Gasteiger partial charge in [0.1, 0.15) is 0 Å². The van der Waals surface area contributed by atoms with Crippen LogP contribution in [0, 0.1) is 12.3 Å². The number of aryl methyl sites for hydroxylation is 1. The molecule has 0 aliphatic heterocycles. The van der Waals surface area contributed by atoms with Crippen LogP contribution >= 0.6 is 0 Å². The number of carboxylic acids is 2. The predicted octanol–water partition coefficient (Wildman–Crippen LogP) is 4.54. The monoisotopic (exact) mass is 435 g/mol. The lowest BCUT2D eigenvalue weighted by atomic mass is 9.86. The number of carboxylic acid groups (broad SMARTS) is 2. The molecule has 7 heteroatoms. The summed E-state index contributed by atoms with van der Waals surface area (Å²) in [6, 6.07) is 3.80.